The molecule has 2 N–H and O–H groups in total. The maximum absolute atomic E-state index is 5.98. The van der Waals surface area contributed by atoms with Crippen molar-refractivity contribution < 1.29 is 22.4 Å². The number of thiocarbonyl (C=S) groups is 1. The van der Waals surface area contributed by atoms with Gasteiger partial charge in [0.05, 0.1) is 0 Å². The minimum absolute atomic E-state index is 0. The van der Waals surface area contributed by atoms with Crippen LogP contribution < -0.4 is 0 Å². The Kier molecular flexibility index (Phi) is 8.03. The third-order valence-corrected chi connectivity index (χ3v) is 0. The van der Waals surface area contributed by atoms with Crippen LogP contribution in [0.3, 0.4) is 0 Å². The van der Waals surface area contributed by atoms with E-state index in [-0.39, 0.29) is 22.4 Å². The summed E-state index contributed by atoms with van der Waals surface area (Å²) in [6, 6.07) is 0. The largest absolute Gasteiger partial charge is 0.709 e. The predicted octanol–water partition coefficient (Wildman–Crippen LogP) is 1.37. The normalized spacial score (nSPS) is 4.80. The van der Waals surface area contributed by atoms with E-state index >= 15 is 0 Å². The molecule has 0 heterocycles. The second-order valence-electron chi connectivity index (χ2n) is 0.329. The van der Waals surface area contributed by atoms with Crippen molar-refractivity contribution in [2.24, 2.45) is 0 Å². The standard InChI is InChI=1S/CH3N2S.Ag/c2-1(3)4;/h(H3-,2,3,4);/q-1;/p-1. The molecule has 0 bridgehead atoms. The SMILES string of the molecule is [Ag].[NH-]C([NH-])=S. The van der Waals surface area contributed by atoms with Crippen LogP contribution in [0.4, 0.5) is 0 Å². The van der Waals surface area contributed by atoms with Gasteiger partial charge in [0.2, 0.25) is 0 Å². The molecule has 0 saturated carbocycles. The Labute approximate surface area is 51.4 Å². The first-order valence-electron chi connectivity index (χ1n) is 0.704. The molecule has 0 amide bonds. The van der Waals surface area contributed by atoms with Crippen LogP contribution >= 0.6 is 12.2 Å². The molecule has 0 unspecified atom stereocenters. The molecule has 35 valence electrons. The summed E-state index contributed by atoms with van der Waals surface area (Å²) >= 11 is 3.87. The molecule has 5 heavy (non-hydrogen) atoms. The van der Waals surface area contributed by atoms with Gasteiger partial charge in [-0.1, -0.05) is 0 Å². The van der Waals surface area contributed by atoms with Crippen LogP contribution in [0.25, 0.3) is 11.5 Å². The molecule has 0 fully saturated rings. The van der Waals surface area contributed by atoms with E-state index in [1.807, 2.05) is 0 Å². The van der Waals surface area contributed by atoms with E-state index in [9.17, 15) is 0 Å². The van der Waals surface area contributed by atoms with Gasteiger partial charge in [-0.15, -0.1) is 12.2 Å². The van der Waals surface area contributed by atoms with Gasteiger partial charge in [0.1, 0.15) is 0 Å². The van der Waals surface area contributed by atoms with E-state index in [0.717, 1.165) is 0 Å². The monoisotopic (exact) mass is 181 g/mol. The van der Waals surface area contributed by atoms with Crippen LogP contribution in [0.5, 0.6) is 0 Å². The van der Waals surface area contributed by atoms with Gasteiger partial charge in [0, 0.05) is 22.4 Å². The third-order valence-electron chi connectivity index (χ3n) is 0. The molecule has 0 aliphatic heterocycles. The first-order valence-corrected chi connectivity index (χ1v) is 1.11. The summed E-state index contributed by atoms with van der Waals surface area (Å²) in [6.07, 6.45) is 0. The zero-order valence-electron chi connectivity index (χ0n) is 2.21. The summed E-state index contributed by atoms with van der Waals surface area (Å²) in [6.45, 7) is 0. The van der Waals surface area contributed by atoms with E-state index in [1.54, 1.807) is 0 Å². The van der Waals surface area contributed by atoms with E-state index in [1.165, 1.54) is 0 Å². The summed E-state index contributed by atoms with van der Waals surface area (Å²) in [7, 11) is 0. The van der Waals surface area contributed by atoms with Gasteiger partial charge in [-0.25, -0.2) is 5.11 Å². The number of rotatable bonds is 0. The van der Waals surface area contributed by atoms with E-state index in [2.05, 4.69) is 12.2 Å². The van der Waals surface area contributed by atoms with Crippen molar-refractivity contribution in [3.8, 4) is 0 Å². The molecule has 0 saturated heterocycles. The van der Waals surface area contributed by atoms with Gasteiger partial charge in [-0.2, -0.15) is 0 Å². The Balaban J connectivity index is 0. The van der Waals surface area contributed by atoms with E-state index in [0.29, 0.717) is 0 Å². The molecular weight excluding hydrogens is 180 g/mol. The first kappa shape index (κ1) is 9.06. The smallest absolute Gasteiger partial charge is 0 e. The topological polar surface area (TPSA) is 47.6 Å². The summed E-state index contributed by atoms with van der Waals surface area (Å²) in [5.41, 5.74) is 12.0. The molecule has 0 aromatic rings. The fraction of sp³-hybridized carbons (Fsp3) is 0. The minimum Gasteiger partial charge on any atom is -0.709 e. The Morgan fingerprint density at radius 3 is 1.40 bits per heavy atom. The number of nitrogens with one attached hydrogen (secondary N) is 2. The van der Waals surface area contributed by atoms with Crippen molar-refractivity contribution in [2.75, 3.05) is 0 Å². The molecule has 0 aromatic heterocycles. The molecule has 0 spiro atoms. The van der Waals surface area contributed by atoms with Crippen molar-refractivity contribution in [3.05, 3.63) is 11.5 Å². The van der Waals surface area contributed by atoms with Crippen LogP contribution in [0.15, 0.2) is 0 Å². The molecule has 0 aliphatic rings. The van der Waals surface area contributed by atoms with Crippen molar-refractivity contribution in [2.45, 2.75) is 0 Å². The van der Waals surface area contributed by atoms with Crippen molar-refractivity contribution in [1.82, 2.24) is 0 Å². The quantitative estimate of drug-likeness (QED) is 0.412. The molecule has 4 heteroatoms. The van der Waals surface area contributed by atoms with Crippen LogP contribution in [0.2, 0.25) is 0 Å². The Hall–Kier alpha value is 0.430. The van der Waals surface area contributed by atoms with Crippen LogP contribution in [0.1, 0.15) is 0 Å². The van der Waals surface area contributed by atoms with Gasteiger partial charge in [-0.3, -0.25) is 0 Å². The summed E-state index contributed by atoms with van der Waals surface area (Å²) < 4.78 is 0. The maximum Gasteiger partial charge on any atom is 0 e. The zero-order chi connectivity index (χ0) is 3.58. The van der Waals surface area contributed by atoms with Gasteiger partial charge in [0.15, 0.2) is 0 Å². The number of hydrogen-bond acceptors (Lipinski definition) is 1. The Morgan fingerprint density at radius 2 is 1.40 bits per heavy atom. The van der Waals surface area contributed by atoms with Crippen molar-refractivity contribution in [1.29, 1.82) is 0 Å². The van der Waals surface area contributed by atoms with E-state index in [4.69, 9.17) is 11.5 Å². The van der Waals surface area contributed by atoms with Gasteiger partial charge in [-0.05, 0) is 0 Å². The van der Waals surface area contributed by atoms with Crippen molar-refractivity contribution in [3.63, 3.8) is 0 Å². The van der Waals surface area contributed by atoms with E-state index < -0.39 is 5.11 Å². The maximum atomic E-state index is 5.98. The molecule has 2 nitrogen and oxygen atoms in total. The summed E-state index contributed by atoms with van der Waals surface area (Å²) in [5.74, 6) is 0. The Morgan fingerprint density at radius 1 is 1.40 bits per heavy atom. The van der Waals surface area contributed by atoms with Crippen molar-refractivity contribution >= 4 is 17.3 Å². The second-order valence-corrected chi connectivity index (χ2v) is 0.737. The Bertz CT molecular complexity index is 32.6. The first-order chi connectivity index (χ1) is 1.73. The van der Waals surface area contributed by atoms with Gasteiger partial charge >= 0.3 is 0 Å². The second kappa shape index (κ2) is 4.43. The molecule has 1 radical (unpaired) electrons. The molecule has 0 atom stereocenters. The third kappa shape index (κ3) is 141. The fourth-order valence-electron chi connectivity index (χ4n) is 0. The number of hydrogen-bond donors (Lipinski definition) is 0. The summed E-state index contributed by atoms with van der Waals surface area (Å²) in [4.78, 5) is 0. The fourth-order valence-corrected chi connectivity index (χ4v) is 0. The summed E-state index contributed by atoms with van der Waals surface area (Å²) in [5, 5.41) is -0.500. The molecule has 0 rings (SSSR count). The van der Waals surface area contributed by atoms with Gasteiger partial charge in [0.25, 0.3) is 0 Å². The van der Waals surface area contributed by atoms with Crippen LogP contribution in [-0.4, -0.2) is 5.11 Å². The predicted molar refractivity (Wildman–Crippen MR) is 21.2 cm³/mol. The minimum atomic E-state index is -0.500. The average molecular weight is 182 g/mol. The zero-order valence-corrected chi connectivity index (χ0v) is 4.51. The van der Waals surface area contributed by atoms with Crippen LogP contribution in [-0.2, 0) is 22.4 Å². The van der Waals surface area contributed by atoms with Gasteiger partial charge < -0.3 is 11.5 Å². The molecule has 0 aliphatic carbocycles. The molecule has 0 aromatic carbocycles. The van der Waals surface area contributed by atoms with Crippen LogP contribution in [0, 0.1) is 0 Å². The average Bonchev–Trinajstić information content (AvgIpc) is 0.811. The molecular formula is CH2AgN2S-2.